The van der Waals surface area contributed by atoms with E-state index in [1.165, 1.54) is 4.90 Å². The highest BCUT2D eigenvalue weighted by Crippen LogP contribution is 2.39. The lowest BCUT2D eigenvalue weighted by Gasteiger charge is -2.44. The van der Waals surface area contributed by atoms with Gasteiger partial charge in [0, 0.05) is 13.1 Å². The molecule has 112 valence electrons. The van der Waals surface area contributed by atoms with Crippen LogP contribution < -0.4 is 5.32 Å². The van der Waals surface area contributed by atoms with Crippen molar-refractivity contribution in [3.8, 4) is 0 Å². The van der Waals surface area contributed by atoms with Crippen molar-refractivity contribution in [2.24, 2.45) is 5.41 Å². The minimum Gasteiger partial charge on any atom is -0.342 e. The maximum atomic E-state index is 12.2. The van der Waals surface area contributed by atoms with Crippen LogP contribution in [0.3, 0.4) is 0 Å². The molecule has 2 rings (SSSR count). The average Bonchev–Trinajstić information content (AvgIpc) is 2.28. The molecule has 2 aliphatic rings. The lowest BCUT2D eigenvalue weighted by Crippen LogP contribution is -2.47. The predicted octanol–water partition coefficient (Wildman–Crippen LogP) is 2.35. The number of hydrogen-bond acceptors (Lipinski definition) is 2. The molecule has 1 spiro atoms. The zero-order chi connectivity index (χ0) is 13.2. The van der Waals surface area contributed by atoms with Gasteiger partial charge in [0.1, 0.15) is 6.42 Å². The normalized spacial score (nSPS) is 23.0. The first-order valence-electron chi connectivity index (χ1n) is 6.46. The Morgan fingerprint density at radius 2 is 1.63 bits per heavy atom. The van der Waals surface area contributed by atoms with E-state index in [0.29, 0.717) is 13.1 Å². The summed E-state index contributed by atoms with van der Waals surface area (Å²) in [6.07, 6.45) is -1.86. The maximum Gasteiger partial charge on any atom is 0.397 e. The van der Waals surface area contributed by atoms with Crippen LogP contribution >= 0.6 is 12.4 Å². The van der Waals surface area contributed by atoms with Crippen LogP contribution in [0.1, 0.15) is 32.1 Å². The molecule has 0 bridgehead atoms. The third kappa shape index (κ3) is 4.53. The van der Waals surface area contributed by atoms with E-state index in [4.69, 9.17) is 0 Å². The molecule has 1 N–H and O–H groups in total. The number of rotatable bonds is 1. The molecule has 0 aliphatic carbocycles. The van der Waals surface area contributed by atoms with E-state index in [0.717, 1.165) is 38.8 Å². The fourth-order valence-corrected chi connectivity index (χ4v) is 2.97. The minimum absolute atomic E-state index is 0. The van der Waals surface area contributed by atoms with Crippen LogP contribution in [0.15, 0.2) is 0 Å². The van der Waals surface area contributed by atoms with Crippen LogP contribution in [-0.4, -0.2) is 43.2 Å². The standard InChI is InChI=1S/C12H19F3N2O.ClH/c13-12(14,15)9-10(18)17-7-3-11(4-8-17)1-5-16-6-2-11;/h16H,1-9H2;1H. The summed E-state index contributed by atoms with van der Waals surface area (Å²) in [5.74, 6) is -0.772. The Bertz CT molecular complexity index is 307. The number of hydrogen-bond donors (Lipinski definition) is 1. The number of piperidine rings is 2. The molecule has 1 amide bonds. The first kappa shape index (κ1) is 16.6. The van der Waals surface area contributed by atoms with Crippen molar-refractivity contribution < 1.29 is 18.0 Å². The zero-order valence-corrected chi connectivity index (χ0v) is 11.6. The number of nitrogens with zero attached hydrogens (tertiary/aromatic N) is 1. The van der Waals surface area contributed by atoms with Gasteiger partial charge in [0.15, 0.2) is 0 Å². The van der Waals surface area contributed by atoms with E-state index in [2.05, 4.69) is 5.32 Å². The van der Waals surface area contributed by atoms with Crippen molar-refractivity contribution >= 4 is 18.3 Å². The fraction of sp³-hybridized carbons (Fsp3) is 0.917. The van der Waals surface area contributed by atoms with E-state index in [1.54, 1.807) is 0 Å². The second-order valence-corrected chi connectivity index (χ2v) is 5.42. The van der Waals surface area contributed by atoms with Gasteiger partial charge in [-0.2, -0.15) is 13.2 Å². The summed E-state index contributed by atoms with van der Waals surface area (Å²) < 4.78 is 36.5. The molecule has 0 radical (unpaired) electrons. The largest absolute Gasteiger partial charge is 0.397 e. The summed E-state index contributed by atoms with van der Waals surface area (Å²) >= 11 is 0. The zero-order valence-electron chi connectivity index (χ0n) is 10.8. The van der Waals surface area contributed by atoms with Gasteiger partial charge in [-0.05, 0) is 44.2 Å². The Labute approximate surface area is 117 Å². The van der Waals surface area contributed by atoms with Gasteiger partial charge < -0.3 is 10.2 Å². The van der Waals surface area contributed by atoms with E-state index in [1.807, 2.05) is 0 Å². The number of amides is 1. The van der Waals surface area contributed by atoms with E-state index < -0.39 is 18.5 Å². The summed E-state index contributed by atoms with van der Waals surface area (Å²) in [6.45, 7) is 2.93. The number of nitrogens with one attached hydrogen (secondary N) is 1. The monoisotopic (exact) mass is 300 g/mol. The first-order valence-corrected chi connectivity index (χ1v) is 6.46. The Morgan fingerprint density at radius 3 is 2.11 bits per heavy atom. The molecular weight excluding hydrogens is 281 g/mol. The van der Waals surface area contributed by atoms with E-state index in [-0.39, 0.29) is 17.8 Å². The third-order valence-corrected chi connectivity index (χ3v) is 4.19. The lowest BCUT2D eigenvalue weighted by atomic mass is 9.71. The Balaban J connectivity index is 0.00000180. The molecule has 3 nitrogen and oxygen atoms in total. The molecule has 2 heterocycles. The lowest BCUT2D eigenvalue weighted by molar-refractivity contribution is -0.163. The summed E-state index contributed by atoms with van der Waals surface area (Å²) in [6, 6.07) is 0. The summed E-state index contributed by atoms with van der Waals surface area (Å²) in [7, 11) is 0. The van der Waals surface area contributed by atoms with Gasteiger partial charge in [0.05, 0.1) is 0 Å². The molecule has 0 saturated carbocycles. The number of carbonyl (C=O) groups is 1. The van der Waals surface area contributed by atoms with Crippen LogP contribution in [0.25, 0.3) is 0 Å². The number of halogens is 4. The van der Waals surface area contributed by atoms with Crippen LogP contribution in [-0.2, 0) is 4.79 Å². The van der Waals surface area contributed by atoms with Crippen molar-refractivity contribution in [2.45, 2.75) is 38.3 Å². The van der Waals surface area contributed by atoms with E-state index in [9.17, 15) is 18.0 Å². The molecule has 2 saturated heterocycles. The highest BCUT2D eigenvalue weighted by atomic mass is 35.5. The van der Waals surface area contributed by atoms with Gasteiger partial charge in [0.2, 0.25) is 5.91 Å². The predicted molar refractivity (Wildman–Crippen MR) is 68.3 cm³/mol. The van der Waals surface area contributed by atoms with Gasteiger partial charge in [0.25, 0.3) is 0 Å². The number of alkyl halides is 3. The van der Waals surface area contributed by atoms with Gasteiger partial charge in [-0.3, -0.25) is 4.79 Å². The molecule has 0 aromatic rings. The average molecular weight is 301 g/mol. The highest BCUT2D eigenvalue weighted by Gasteiger charge is 2.39. The van der Waals surface area contributed by atoms with Crippen LogP contribution in [0.2, 0.25) is 0 Å². The Hall–Kier alpha value is -0.490. The van der Waals surface area contributed by atoms with E-state index >= 15 is 0 Å². The molecule has 0 atom stereocenters. The Kier molecular flexibility index (Phi) is 5.50. The first-order chi connectivity index (χ1) is 8.40. The number of carbonyl (C=O) groups excluding carboxylic acids is 1. The van der Waals surface area contributed by atoms with Crippen molar-refractivity contribution in [1.82, 2.24) is 10.2 Å². The fourth-order valence-electron chi connectivity index (χ4n) is 2.97. The molecule has 7 heteroatoms. The number of likely N-dealkylation sites (tertiary alicyclic amines) is 1. The second kappa shape index (κ2) is 6.31. The molecule has 0 aromatic carbocycles. The molecule has 0 aromatic heterocycles. The van der Waals surface area contributed by atoms with Crippen molar-refractivity contribution in [3.05, 3.63) is 0 Å². The van der Waals surface area contributed by atoms with Crippen LogP contribution in [0.5, 0.6) is 0 Å². The third-order valence-electron chi connectivity index (χ3n) is 4.19. The van der Waals surface area contributed by atoms with Crippen LogP contribution in [0.4, 0.5) is 13.2 Å². The summed E-state index contributed by atoms with van der Waals surface area (Å²) in [5.41, 5.74) is 0.264. The second-order valence-electron chi connectivity index (χ2n) is 5.42. The smallest absolute Gasteiger partial charge is 0.342 e. The molecule has 19 heavy (non-hydrogen) atoms. The highest BCUT2D eigenvalue weighted by molar-refractivity contribution is 5.85. The van der Waals surface area contributed by atoms with Gasteiger partial charge in [-0.15, -0.1) is 12.4 Å². The van der Waals surface area contributed by atoms with Crippen molar-refractivity contribution in [3.63, 3.8) is 0 Å². The van der Waals surface area contributed by atoms with Crippen molar-refractivity contribution in [1.29, 1.82) is 0 Å². The quantitative estimate of drug-likeness (QED) is 0.806. The summed E-state index contributed by atoms with van der Waals surface area (Å²) in [4.78, 5) is 12.9. The molecule has 0 unspecified atom stereocenters. The van der Waals surface area contributed by atoms with Gasteiger partial charge in [-0.1, -0.05) is 0 Å². The van der Waals surface area contributed by atoms with Gasteiger partial charge in [-0.25, -0.2) is 0 Å². The summed E-state index contributed by atoms with van der Waals surface area (Å²) in [5, 5.41) is 3.29. The maximum absolute atomic E-state index is 12.2. The molecule has 2 fully saturated rings. The van der Waals surface area contributed by atoms with Crippen LogP contribution in [0, 0.1) is 5.41 Å². The van der Waals surface area contributed by atoms with Crippen molar-refractivity contribution in [2.75, 3.05) is 26.2 Å². The molecular formula is C12H20ClF3N2O. The molecule has 2 aliphatic heterocycles. The minimum atomic E-state index is -4.39. The Morgan fingerprint density at radius 1 is 1.11 bits per heavy atom. The topological polar surface area (TPSA) is 32.3 Å². The van der Waals surface area contributed by atoms with Gasteiger partial charge >= 0.3 is 6.18 Å². The SMILES string of the molecule is Cl.O=C(CC(F)(F)F)N1CCC2(CCNCC2)CC1.